The normalized spacial score (nSPS) is 18.2. The van der Waals surface area contributed by atoms with Crippen LogP contribution in [0.1, 0.15) is 23.9 Å². The summed E-state index contributed by atoms with van der Waals surface area (Å²) in [5.74, 6) is 1.73. The molecule has 1 aromatic carbocycles. The highest BCUT2D eigenvalue weighted by atomic mass is 32.2. The standard InChI is InChI=1S/C17H13N5OS2/c1-2-5-12-11(4-1)13-7-8-18-22(13)17(19-12)25-10-15-20-21-16(23-15)14-6-3-9-24-14/h1-6,8-9,13H,7,10H2. The summed E-state index contributed by atoms with van der Waals surface area (Å²) >= 11 is 3.16. The summed E-state index contributed by atoms with van der Waals surface area (Å²) in [6.45, 7) is 0. The highest BCUT2D eigenvalue weighted by Crippen LogP contribution is 2.41. The number of aromatic nitrogens is 2. The number of para-hydroxylation sites is 1. The van der Waals surface area contributed by atoms with Gasteiger partial charge in [0.2, 0.25) is 5.89 Å². The van der Waals surface area contributed by atoms with Gasteiger partial charge in [-0.3, -0.25) is 0 Å². The number of rotatable bonds is 3. The Balaban J connectivity index is 1.37. The van der Waals surface area contributed by atoms with Crippen molar-refractivity contribution < 1.29 is 4.42 Å². The number of nitrogens with zero attached hydrogens (tertiary/aromatic N) is 5. The molecule has 0 spiro atoms. The molecule has 2 aliphatic rings. The van der Waals surface area contributed by atoms with Crippen LogP contribution in [0, 0.1) is 0 Å². The molecule has 8 heteroatoms. The van der Waals surface area contributed by atoms with Crippen LogP contribution in [0.15, 0.2) is 56.3 Å². The average molecular weight is 367 g/mol. The van der Waals surface area contributed by atoms with E-state index < -0.39 is 0 Å². The van der Waals surface area contributed by atoms with Crippen LogP contribution >= 0.6 is 23.1 Å². The van der Waals surface area contributed by atoms with E-state index in [1.807, 2.05) is 46.9 Å². The van der Waals surface area contributed by atoms with E-state index in [1.165, 1.54) is 5.56 Å². The molecule has 0 radical (unpaired) electrons. The maximum absolute atomic E-state index is 5.76. The van der Waals surface area contributed by atoms with Gasteiger partial charge in [-0.15, -0.1) is 21.5 Å². The van der Waals surface area contributed by atoms with Crippen LogP contribution in [-0.4, -0.2) is 26.6 Å². The van der Waals surface area contributed by atoms with E-state index in [0.717, 1.165) is 22.2 Å². The van der Waals surface area contributed by atoms with Gasteiger partial charge in [0.25, 0.3) is 5.89 Å². The zero-order valence-electron chi connectivity index (χ0n) is 13.1. The van der Waals surface area contributed by atoms with Gasteiger partial charge < -0.3 is 4.42 Å². The minimum atomic E-state index is 0.237. The van der Waals surface area contributed by atoms with Gasteiger partial charge >= 0.3 is 0 Å². The predicted molar refractivity (Wildman–Crippen MR) is 100 cm³/mol. The first-order valence-electron chi connectivity index (χ1n) is 7.87. The number of benzene rings is 1. The highest BCUT2D eigenvalue weighted by Gasteiger charge is 2.32. The van der Waals surface area contributed by atoms with Gasteiger partial charge in [-0.25, -0.2) is 10.0 Å². The number of aliphatic imine (C=N–C) groups is 1. The Hall–Kier alpha value is -2.45. The number of fused-ring (bicyclic) bond motifs is 3. The lowest BCUT2D eigenvalue weighted by atomic mass is 10.0. The zero-order valence-corrected chi connectivity index (χ0v) is 14.7. The van der Waals surface area contributed by atoms with Crippen LogP contribution in [-0.2, 0) is 5.75 Å². The molecule has 0 fully saturated rings. The summed E-state index contributed by atoms with van der Waals surface area (Å²) in [5, 5.41) is 17.6. The van der Waals surface area contributed by atoms with Crippen molar-refractivity contribution in [3.8, 4) is 10.8 Å². The molecular weight excluding hydrogens is 354 g/mol. The summed E-state index contributed by atoms with van der Waals surface area (Å²) in [4.78, 5) is 5.75. The Bertz CT molecular complexity index is 963. The van der Waals surface area contributed by atoms with Crippen molar-refractivity contribution in [3.63, 3.8) is 0 Å². The summed E-state index contributed by atoms with van der Waals surface area (Å²) in [6, 6.07) is 12.4. The third kappa shape index (κ3) is 2.67. The first-order valence-corrected chi connectivity index (χ1v) is 9.73. The van der Waals surface area contributed by atoms with Crippen molar-refractivity contribution in [1.82, 2.24) is 15.2 Å². The lowest BCUT2D eigenvalue weighted by molar-refractivity contribution is 0.372. The number of hydrazone groups is 1. The minimum Gasteiger partial charge on any atom is -0.419 e. The summed E-state index contributed by atoms with van der Waals surface area (Å²) in [6.07, 6.45) is 2.85. The smallest absolute Gasteiger partial charge is 0.257 e. The van der Waals surface area contributed by atoms with E-state index in [1.54, 1.807) is 23.1 Å². The number of thiophene rings is 1. The van der Waals surface area contributed by atoms with Crippen LogP contribution in [0.2, 0.25) is 0 Å². The molecule has 0 aliphatic carbocycles. The van der Waals surface area contributed by atoms with Crippen LogP contribution in [0.5, 0.6) is 0 Å². The molecule has 2 aliphatic heterocycles. The summed E-state index contributed by atoms with van der Waals surface area (Å²) in [7, 11) is 0. The molecule has 1 atom stereocenters. The molecule has 0 N–H and O–H groups in total. The highest BCUT2D eigenvalue weighted by molar-refractivity contribution is 8.13. The molecule has 3 aromatic rings. The molecule has 4 heterocycles. The number of hydrogen-bond donors (Lipinski definition) is 0. The number of thioether (sulfide) groups is 1. The molecular formula is C17H13N5OS2. The fourth-order valence-electron chi connectivity index (χ4n) is 2.92. The van der Waals surface area contributed by atoms with E-state index in [-0.39, 0.29) is 6.04 Å². The van der Waals surface area contributed by atoms with Crippen molar-refractivity contribution in [3.05, 3.63) is 53.2 Å². The van der Waals surface area contributed by atoms with Gasteiger partial charge in [0.05, 0.1) is 22.4 Å². The monoisotopic (exact) mass is 367 g/mol. The lowest BCUT2D eigenvalue weighted by Crippen LogP contribution is -2.27. The first-order chi connectivity index (χ1) is 12.4. The molecule has 0 saturated heterocycles. The van der Waals surface area contributed by atoms with Gasteiger partial charge in [-0.05, 0) is 17.5 Å². The molecule has 0 saturated carbocycles. The first kappa shape index (κ1) is 14.9. The lowest BCUT2D eigenvalue weighted by Gasteiger charge is -2.29. The van der Waals surface area contributed by atoms with Crippen LogP contribution < -0.4 is 0 Å². The second kappa shape index (κ2) is 6.12. The van der Waals surface area contributed by atoms with Gasteiger partial charge in [0, 0.05) is 18.2 Å². The summed E-state index contributed by atoms with van der Waals surface area (Å²) < 4.78 is 5.76. The molecule has 2 aromatic heterocycles. The van der Waals surface area contributed by atoms with E-state index in [9.17, 15) is 0 Å². The van der Waals surface area contributed by atoms with Crippen LogP contribution in [0.25, 0.3) is 10.8 Å². The zero-order chi connectivity index (χ0) is 16.6. The second-order valence-electron chi connectivity index (χ2n) is 5.61. The number of hydrogen-bond acceptors (Lipinski definition) is 8. The van der Waals surface area contributed by atoms with Crippen molar-refractivity contribution in [1.29, 1.82) is 0 Å². The molecule has 124 valence electrons. The molecule has 5 rings (SSSR count). The minimum absolute atomic E-state index is 0.237. The Morgan fingerprint density at radius 3 is 3.08 bits per heavy atom. The van der Waals surface area contributed by atoms with Crippen molar-refractivity contribution in [2.24, 2.45) is 10.1 Å². The molecule has 0 amide bonds. The third-order valence-corrected chi connectivity index (χ3v) is 5.85. The fourth-order valence-corrected chi connectivity index (χ4v) is 4.40. The predicted octanol–water partition coefficient (Wildman–Crippen LogP) is 4.47. The van der Waals surface area contributed by atoms with Gasteiger partial charge in [0.15, 0.2) is 5.17 Å². The van der Waals surface area contributed by atoms with E-state index in [0.29, 0.717) is 17.5 Å². The van der Waals surface area contributed by atoms with Crippen LogP contribution in [0.3, 0.4) is 0 Å². The van der Waals surface area contributed by atoms with Gasteiger partial charge in [-0.2, -0.15) is 5.10 Å². The largest absolute Gasteiger partial charge is 0.419 e. The SMILES string of the molecule is C1=NN2C(SCc3nnc(-c4cccs4)o3)=Nc3ccccc3C2C1. The Kier molecular flexibility index (Phi) is 3.64. The maximum Gasteiger partial charge on any atom is 0.257 e. The molecule has 6 nitrogen and oxygen atoms in total. The van der Waals surface area contributed by atoms with Crippen molar-refractivity contribution in [2.75, 3.05) is 0 Å². The third-order valence-electron chi connectivity index (χ3n) is 4.06. The Labute approximate surface area is 152 Å². The second-order valence-corrected chi connectivity index (χ2v) is 7.50. The Morgan fingerprint density at radius 1 is 1.20 bits per heavy atom. The molecule has 0 bridgehead atoms. The number of amidine groups is 1. The van der Waals surface area contributed by atoms with Gasteiger partial charge in [-0.1, -0.05) is 36.0 Å². The average Bonchev–Trinajstić information content (AvgIpc) is 3.40. The molecule has 1 unspecified atom stereocenters. The van der Waals surface area contributed by atoms with E-state index in [4.69, 9.17) is 9.41 Å². The topological polar surface area (TPSA) is 66.9 Å². The van der Waals surface area contributed by atoms with Crippen molar-refractivity contribution >= 4 is 40.2 Å². The summed E-state index contributed by atoms with van der Waals surface area (Å²) in [5.41, 5.74) is 2.24. The van der Waals surface area contributed by atoms with E-state index in [2.05, 4.69) is 21.4 Å². The Morgan fingerprint density at radius 2 is 2.16 bits per heavy atom. The maximum atomic E-state index is 5.76. The fraction of sp³-hybridized carbons (Fsp3) is 0.176. The van der Waals surface area contributed by atoms with Gasteiger partial charge in [0.1, 0.15) is 0 Å². The molecule has 25 heavy (non-hydrogen) atoms. The van der Waals surface area contributed by atoms with E-state index >= 15 is 0 Å². The van der Waals surface area contributed by atoms with Crippen molar-refractivity contribution in [2.45, 2.75) is 18.2 Å². The quantitative estimate of drug-likeness (QED) is 0.683. The van der Waals surface area contributed by atoms with Crippen LogP contribution in [0.4, 0.5) is 5.69 Å².